The number of aryl methyl sites for hydroxylation is 2. The molecule has 1 saturated heterocycles. The number of halogens is 2. The number of ether oxygens (including phenoxy) is 1. The summed E-state index contributed by atoms with van der Waals surface area (Å²) < 4.78 is 47.9. The van der Waals surface area contributed by atoms with E-state index in [1.54, 1.807) is 17.7 Å². The summed E-state index contributed by atoms with van der Waals surface area (Å²) >= 11 is 6.37. The van der Waals surface area contributed by atoms with Crippen molar-refractivity contribution in [2.45, 2.75) is 38.1 Å². The number of hydrogen-bond acceptors (Lipinski definition) is 5. The monoisotopic (exact) mass is 484 g/mol. The van der Waals surface area contributed by atoms with Gasteiger partial charge in [-0.05, 0) is 37.6 Å². The summed E-state index contributed by atoms with van der Waals surface area (Å²) in [5.74, 6) is -1.39. The Morgan fingerprint density at radius 3 is 2.75 bits per heavy atom. The third-order valence-electron chi connectivity index (χ3n) is 5.02. The Bertz CT molecular complexity index is 1110. The molecule has 0 radical (unpaired) electrons. The number of rotatable bonds is 8. The summed E-state index contributed by atoms with van der Waals surface area (Å²) in [6.45, 7) is 5.35. The Labute approximate surface area is 192 Å². The molecule has 2 heterocycles. The van der Waals surface area contributed by atoms with Gasteiger partial charge in [0.15, 0.2) is 0 Å². The minimum atomic E-state index is -4.04. The zero-order valence-electron chi connectivity index (χ0n) is 18.0. The van der Waals surface area contributed by atoms with Crippen molar-refractivity contribution in [3.8, 4) is 0 Å². The smallest absolute Gasteiger partial charge is 0.248 e. The minimum absolute atomic E-state index is 0.146. The van der Waals surface area contributed by atoms with Crippen LogP contribution in [0.3, 0.4) is 0 Å². The Morgan fingerprint density at radius 1 is 1.34 bits per heavy atom. The fourth-order valence-corrected chi connectivity index (χ4v) is 5.08. The molecule has 0 unspecified atom stereocenters. The van der Waals surface area contributed by atoms with Crippen LogP contribution in [-0.2, 0) is 26.1 Å². The van der Waals surface area contributed by atoms with Crippen molar-refractivity contribution >= 4 is 39.3 Å². The Balaban J connectivity index is 1.75. The Morgan fingerprint density at radius 2 is 2.06 bits per heavy atom. The molecule has 1 aromatic heterocycles. The standard InChI is InChI=1S/C21H26ClFN4O4S/c1-3-4-9-27-21(22)17(15(2)25-27)6-8-20(28)24-16-5-7-18(23)19(14-16)32(29,30)26-10-12-31-13-11-26/h5-8,14H,3-4,9-13H2,1-2H3,(H,24,28)/b8-6+. The van der Waals surface area contributed by atoms with Crippen LogP contribution < -0.4 is 5.32 Å². The van der Waals surface area contributed by atoms with E-state index in [-0.39, 0.29) is 32.0 Å². The molecule has 0 bridgehead atoms. The van der Waals surface area contributed by atoms with Gasteiger partial charge in [-0.25, -0.2) is 12.8 Å². The number of carbonyl (C=O) groups is 1. The number of morpholine rings is 1. The summed E-state index contributed by atoms with van der Waals surface area (Å²) in [4.78, 5) is 11.9. The largest absolute Gasteiger partial charge is 0.379 e. The van der Waals surface area contributed by atoms with Crippen LogP contribution in [0.5, 0.6) is 0 Å². The molecular formula is C21H26ClFN4O4S. The molecule has 174 valence electrons. The molecule has 3 rings (SSSR count). The number of nitrogens with zero attached hydrogens (tertiary/aromatic N) is 3. The number of unbranched alkanes of at least 4 members (excludes halogenated alkanes) is 1. The second kappa shape index (κ2) is 10.6. The number of benzene rings is 1. The summed E-state index contributed by atoms with van der Waals surface area (Å²) in [7, 11) is -4.04. The van der Waals surface area contributed by atoms with Gasteiger partial charge in [0.2, 0.25) is 15.9 Å². The van der Waals surface area contributed by atoms with Crippen LogP contribution in [-0.4, -0.2) is 54.7 Å². The van der Waals surface area contributed by atoms with Crippen LogP contribution in [0.1, 0.15) is 31.0 Å². The Kier molecular flexibility index (Phi) is 8.05. The second-order valence-electron chi connectivity index (χ2n) is 7.35. The first-order chi connectivity index (χ1) is 15.2. The number of hydrogen-bond donors (Lipinski definition) is 1. The van der Waals surface area contributed by atoms with Gasteiger partial charge in [-0.2, -0.15) is 9.40 Å². The quantitative estimate of drug-likeness (QED) is 0.579. The van der Waals surface area contributed by atoms with Crippen LogP contribution in [0.4, 0.5) is 10.1 Å². The van der Waals surface area contributed by atoms with Crippen molar-refractivity contribution < 1.29 is 22.3 Å². The van der Waals surface area contributed by atoms with Gasteiger partial charge in [-0.3, -0.25) is 9.48 Å². The van der Waals surface area contributed by atoms with Crippen molar-refractivity contribution in [1.82, 2.24) is 14.1 Å². The van der Waals surface area contributed by atoms with E-state index in [9.17, 15) is 17.6 Å². The number of carbonyl (C=O) groups excluding carboxylic acids is 1. The van der Waals surface area contributed by atoms with Gasteiger partial charge in [-0.1, -0.05) is 24.9 Å². The first-order valence-corrected chi connectivity index (χ1v) is 12.1. The lowest BCUT2D eigenvalue weighted by molar-refractivity contribution is -0.111. The zero-order valence-corrected chi connectivity index (χ0v) is 19.5. The normalized spacial score (nSPS) is 15.4. The maximum absolute atomic E-state index is 14.3. The van der Waals surface area contributed by atoms with Crippen LogP contribution in [0.15, 0.2) is 29.2 Å². The van der Waals surface area contributed by atoms with E-state index >= 15 is 0 Å². The molecule has 1 fully saturated rings. The lowest BCUT2D eigenvalue weighted by Gasteiger charge is -2.26. The fourth-order valence-electron chi connectivity index (χ4n) is 3.26. The third kappa shape index (κ3) is 5.55. The number of aromatic nitrogens is 2. The SMILES string of the molecule is CCCCn1nc(C)c(/C=C/C(=O)Nc2ccc(F)c(S(=O)(=O)N3CCOCC3)c2)c1Cl. The van der Waals surface area contributed by atoms with E-state index in [0.717, 1.165) is 25.0 Å². The summed E-state index contributed by atoms with van der Waals surface area (Å²) in [5.41, 5.74) is 1.48. The molecule has 32 heavy (non-hydrogen) atoms. The van der Waals surface area contributed by atoms with Crippen LogP contribution in [0.25, 0.3) is 6.08 Å². The van der Waals surface area contributed by atoms with E-state index in [4.69, 9.17) is 16.3 Å². The van der Waals surface area contributed by atoms with E-state index in [0.29, 0.717) is 23.0 Å². The number of nitrogens with one attached hydrogen (secondary N) is 1. The molecule has 8 nitrogen and oxygen atoms in total. The molecule has 1 N–H and O–H groups in total. The zero-order chi connectivity index (χ0) is 23.3. The van der Waals surface area contributed by atoms with E-state index in [2.05, 4.69) is 17.3 Å². The predicted molar refractivity (Wildman–Crippen MR) is 121 cm³/mol. The average molecular weight is 485 g/mol. The predicted octanol–water partition coefficient (Wildman–Crippen LogP) is 3.46. The summed E-state index contributed by atoms with van der Waals surface area (Å²) in [6, 6.07) is 3.44. The number of amides is 1. The highest BCUT2D eigenvalue weighted by atomic mass is 35.5. The molecule has 0 atom stereocenters. The van der Waals surface area contributed by atoms with E-state index in [1.165, 1.54) is 16.4 Å². The molecule has 2 aromatic rings. The molecule has 1 aromatic carbocycles. The van der Waals surface area contributed by atoms with E-state index in [1.807, 2.05) is 0 Å². The molecule has 11 heteroatoms. The van der Waals surface area contributed by atoms with Crippen molar-refractivity contribution in [3.05, 3.63) is 46.5 Å². The van der Waals surface area contributed by atoms with Gasteiger partial charge in [0.05, 0.1) is 18.9 Å². The molecule has 0 saturated carbocycles. The first-order valence-electron chi connectivity index (χ1n) is 10.3. The maximum Gasteiger partial charge on any atom is 0.248 e. The highest BCUT2D eigenvalue weighted by Gasteiger charge is 2.29. The molecule has 1 aliphatic rings. The van der Waals surface area contributed by atoms with Crippen molar-refractivity contribution in [3.63, 3.8) is 0 Å². The van der Waals surface area contributed by atoms with Gasteiger partial charge in [0.1, 0.15) is 15.9 Å². The minimum Gasteiger partial charge on any atom is -0.379 e. The molecule has 0 aliphatic carbocycles. The van der Waals surface area contributed by atoms with Crippen molar-refractivity contribution in [2.75, 3.05) is 31.6 Å². The third-order valence-corrected chi connectivity index (χ3v) is 7.33. The second-order valence-corrected chi connectivity index (χ2v) is 9.62. The molecule has 0 spiro atoms. The van der Waals surface area contributed by atoms with Gasteiger partial charge in [0.25, 0.3) is 0 Å². The summed E-state index contributed by atoms with van der Waals surface area (Å²) in [6.07, 6.45) is 4.77. The van der Waals surface area contributed by atoms with Crippen molar-refractivity contribution in [2.24, 2.45) is 0 Å². The Hall–Kier alpha value is -2.27. The maximum atomic E-state index is 14.3. The highest BCUT2D eigenvalue weighted by molar-refractivity contribution is 7.89. The van der Waals surface area contributed by atoms with E-state index < -0.39 is 26.6 Å². The molecule has 1 amide bonds. The van der Waals surface area contributed by atoms with Gasteiger partial charge >= 0.3 is 0 Å². The highest BCUT2D eigenvalue weighted by Crippen LogP contribution is 2.25. The van der Waals surface area contributed by atoms with Gasteiger partial charge in [0, 0.05) is 37.0 Å². The average Bonchev–Trinajstić information content (AvgIpc) is 3.05. The molecule has 1 aliphatic heterocycles. The topological polar surface area (TPSA) is 93.5 Å². The molecular weight excluding hydrogens is 459 g/mol. The van der Waals surface area contributed by atoms with Crippen LogP contribution in [0, 0.1) is 12.7 Å². The van der Waals surface area contributed by atoms with Crippen LogP contribution >= 0.6 is 11.6 Å². The fraction of sp³-hybridized carbons (Fsp3) is 0.429. The lowest BCUT2D eigenvalue weighted by atomic mass is 10.2. The lowest BCUT2D eigenvalue weighted by Crippen LogP contribution is -2.40. The first kappa shape index (κ1) is 24.4. The number of anilines is 1. The number of sulfonamides is 1. The van der Waals surface area contributed by atoms with Crippen molar-refractivity contribution in [1.29, 1.82) is 0 Å². The van der Waals surface area contributed by atoms with Gasteiger partial charge < -0.3 is 10.1 Å². The summed E-state index contributed by atoms with van der Waals surface area (Å²) in [5, 5.41) is 7.39. The van der Waals surface area contributed by atoms with Crippen LogP contribution in [0.2, 0.25) is 5.15 Å². The van der Waals surface area contributed by atoms with Gasteiger partial charge in [-0.15, -0.1) is 0 Å².